The van der Waals surface area contributed by atoms with E-state index in [1.54, 1.807) is 11.1 Å². The molecule has 0 aromatic carbocycles. The first kappa shape index (κ1) is 9.20. The van der Waals surface area contributed by atoms with E-state index >= 15 is 0 Å². The summed E-state index contributed by atoms with van der Waals surface area (Å²) in [5, 5.41) is 4.71. The number of thiophene rings is 1. The zero-order valence-electron chi connectivity index (χ0n) is 9.28. The number of fused-ring (bicyclic) bond motifs is 1. The second-order valence-electron chi connectivity index (χ2n) is 5.28. The van der Waals surface area contributed by atoms with Crippen LogP contribution in [0.1, 0.15) is 24.0 Å². The van der Waals surface area contributed by atoms with Crippen LogP contribution in [0.4, 0.5) is 0 Å². The lowest BCUT2D eigenvalue weighted by Crippen LogP contribution is -2.46. The van der Waals surface area contributed by atoms with Gasteiger partial charge in [0.2, 0.25) is 0 Å². The van der Waals surface area contributed by atoms with E-state index in [9.17, 15) is 0 Å². The predicted molar refractivity (Wildman–Crippen MR) is 67.7 cm³/mol. The third kappa shape index (κ3) is 0.950. The molecule has 4 rings (SSSR count). The van der Waals surface area contributed by atoms with Crippen molar-refractivity contribution in [3.05, 3.63) is 46.2 Å². The van der Waals surface area contributed by atoms with Gasteiger partial charge in [0.25, 0.3) is 0 Å². The van der Waals surface area contributed by atoms with Gasteiger partial charge in [0.05, 0.1) is 0 Å². The van der Waals surface area contributed by atoms with Gasteiger partial charge in [-0.2, -0.15) is 11.3 Å². The summed E-state index contributed by atoms with van der Waals surface area (Å²) in [5.41, 5.74) is 4.80. The van der Waals surface area contributed by atoms with Crippen molar-refractivity contribution >= 4 is 11.3 Å². The Balaban J connectivity index is 1.97. The quantitative estimate of drug-likeness (QED) is 0.661. The van der Waals surface area contributed by atoms with Crippen molar-refractivity contribution in [3.63, 3.8) is 0 Å². The summed E-state index contributed by atoms with van der Waals surface area (Å²) >= 11 is 1.86. The van der Waals surface area contributed by atoms with E-state index in [1.165, 1.54) is 18.5 Å². The van der Waals surface area contributed by atoms with Crippen LogP contribution >= 0.6 is 11.3 Å². The topological polar surface area (TPSA) is 3.24 Å². The first-order valence-corrected chi connectivity index (χ1v) is 6.90. The van der Waals surface area contributed by atoms with Crippen LogP contribution in [0, 0.1) is 0 Å². The van der Waals surface area contributed by atoms with Crippen LogP contribution in [0.5, 0.6) is 0 Å². The fraction of sp³-hybridized carbons (Fsp3) is 0.429. The average Bonchev–Trinajstić information content (AvgIpc) is 2.84. The molecule has 1 aromatic rings. The molecular weight excluding hydrogens is 214 g/mol. The van der Waals surface area contributed by atoms with Gasteiger partial charge in [-0.1, -0.05) is 24.3 Å². The maximum Gasteiger partial charge on any atom is 0.0318 e. The maximum atomic E-state index is 4.13. The van der Waals surface area contributed by atoms with Gasteiger partial charge >= 0.3 is 0 Å². The van der Waals surface area contributed by atoms with Crippen LogP contribution in [0.25, 0.3) is 0 Å². The minimum Gasteiger partial charge on any atom is -0.295 e. The number of rotatable bonds is 0. The van der Waals surface area contributed by atoms with E-state index in [1.807, 2.05) is 11.3 Å². The monoisotopic (exact) mass is 229 g/mol. The summed E-state index contributed by atoms with van der Waals surface area (Å²) in [6.07, 6.45) is 7.15. The molecule has 2 aliphatic heterocycles. The Morgan fingerprint density at radius 1 is 1.44 bits per heavy atom. The van der Waals surface area contributed by atoms with Crippen LogP contribution in [0.3, 0.4) is 0 Å². The van der Waals surface area contributed by atoms with Crippen molar-refractivity contribution in [3.8, 4) is 0 Å². The van der Waals surface area contributed by atoms with Crippen molar-refractivity contribution in [1.82, 2.24) is 4.90 Å². The van der Waals surface area contributed by atoms with E-state index in [0.717, 1.165) is 13.0 Å². The number of hydrogen-bond donors (Lipinski definition) is 0. The van der Waals surface area contributed by atoms with Crippen molar-refractivity contribution in [2.75, 3.05) is 6.54 Å². The molecule has 0 saturated carbocycles. The third-order valence-electron chi connectivity index (χ3n) is 4.54. The predicted octanol–water partition coefficient (Wildman–Crippen LogP) is 3.09. The second kappa shape index (κ2) is 2.88. The molecule has 1 aromatic heterocycles. The molecule has 3 heterocycles. The third-order valence-corrected chi connectivity index (χ3v) is 5.33. The summed E-state index contributed by atoms with van der Waals surface area (Å²) in [6, 6.07) is 0.687. The van der Waals surface area contributed by atoms with Crippen molar-refractivity contribution in [2.24, 2.45) is 0 Å². The van der Waals surface area contributed by atoms with E-state index < -0.39 is 0 Å². The van der Waals surface area contributed by atoms with Crippen LogP contribution in [-0.4, -0.2) is 17.5 Å². The fourth-order valence-corrected chi connectivity index (χ4v) is 4.67. The van der Waals surface area contributed by atoms with Crippen molar-refractivity contribution in [2.45, 2.75) is 30.8 Å². The molecule has 1 aliphatic carbocycles. The Bertz CT molecular complexity index is 499. The van der Waals surface area contributed by atoms with E-state index in [0.29, 0.717) is 11.5 Å². The first-order chi connectivity index (χ1) is 7.79. The molecule has 1 nitrogen and oxygen atoms in total. The smallest absolute Gasteiger partial charge is 0.0318 e. The highest BCUT2D eigenvalue weighted by molar-refractivity contribution is 7.08. The SMILES string of the molecule is C=C1C=C[C@]23CCN(Cc4cscc42)[C@H]3C1. The number of allylic oxidation sites excluding steroid dienone is 1. The molecule has 1 saturated heterocycles. The number of nitrogens with zero attached hydrogens (tertiary/aromatic N) is 1. The van der Waals surface area contributed by atoms with Crippen LogP contribution < -0.4 is 0 Å². The van der Waals surface area contributed by atoms with Gasteiger partial charge in [-0.3, -0.25) is 4.90 Å². The zero-order valence-corrected chi connectivity index (χ0v) is 10.1. The molecule has 0 N–H and O–H groups in total. The van der Waals surface area contributed by atoms with E-state index in [2.05, 4.69) is 34.4 Å². The maximum absolute atomic E-state index is 4.13. The molecule has 1 fully saturated rings. The minimum atomic E-state index is 0.328. The standard InChI is InChI=1S/C14H15NS/c1-10-2-3-14-4-5-15(13(14)6-10)7-11-8-16-9-12(11)14/h2-3,8-9,13H,1,4-7H2/t13-,14-/m0/s1. The lowest BCUT2D eigenvalue weighted by atomic mass is 9.67. The summed E-state index contributed by atoms with van der Waals surface area (Å²) < 4.78 is 0. The zero-order chi connectivity index (χ0) is 10.8. The molecule has 3 atom stereocenters. The van der Waals surface area contributed by atoms with Crippen molar-refractivity contribution < 1.29 is 0 Å². The highest BCUT2D eigenvalue weighted by Crippen LogP contribution is 2.52. The second-order valence-corrected chi connectivity index (χ2v) is 6.03. The van der Waals surface area contributed by atoms with Crippen LogP contribution in [0.15, 0.2) is 35.1 Å². The molecule has 0 spiro atoms. The molecule has 3 aliphatic rings. The van der Waals surface area contributed by atoms with Gasteiger partial charge in [0, 0.05) is 24.5 Å². The molecule has 16 heavy (non-hydrogen) atoms. The van der Waals surface area contributed by atoms with Crippen LogP contribution in [-0.2, 0) is 12.0 Å². The fourth-order valence-electron chi connectivity index (χ4n) is 3.73. The lowest BCUT2D eigenvalue weighted by molar-refractivity contribution is 0.194. The largest absolute Gasteiger partial charge is 0.295 e. The van der Waals surface area contributed by atoms with E-state index in [4.69, 9.17) is 0 Å². The molecular formula is C14H15NS. The number of hydrogen-bond acceptors (Lipinski definition) is 2. The molecule has 2 heteroatoms. The molecule has 2 bridgehead atoms. The van der Waals surface area contributed by atoms with Gasteiger partial charge in [-0.15, -0.1) is 0 Å². The van der Waals surface area contributed by atoms with Gasteiger partial charge in [-0.25, -0.2) is 0 Å². The Morgan fingerprint density at radius 3 is 3.31 bits per heavy atom. The highest BCUT2D eigenvalue weighted by Gasteiger charge is 2.52. The van der Waals surface area contributed by atoms with Crippen molar-refractivity contribution in [1.29, 1.82) is 0 Å². The summed E-state index contributed by atoms with van der Waals surface area (Å²) in [4.78, 5) is 2.66. The normalized spacial score (nSPS) is 39.6. The first-order valence-electron chi connectivity index (χ1n) is 5.96. The van der Waals surface area contributed by atoms with Gasteiger partial charge in [0.15, 0.2) is 0 Å². The molecule has 0 amide bonds. The van der Waals surface area contributed by atoms with Crippen LogP contribution in [0.2, 0.25) is 0 Å². The van der Waals surface area contributed by atoms with E-state index in [-0.39, 0.29) is 0 Å². The Kier molecular flexibility index (Phi) is 1.65. The van der Waals surface area contributed by atoms with Gasteiger partial charge < -0.3 is 0 Å². The molecule has 82 valence electrons. The summed E-state index contributed by atoms with van der Waals surface area (Å²) in [5.74, 6) is 0. The summed E-state index contributed by atoms with van der Waals surface area (Å²) in [6.45, 7) is 6.54. The average molecular weight is 229 g/mol. The van der Waals surface area contributed by atoms with Gasteiger partial charge in [-0.05, 0) is 34.7 Å². The molecule has 0 radical (unpaired) electrons. The Labute approximate surface area is 100 Å². The molecule has 1 unspecified atom stereocenters. The minimum absolute atomic E-state index is 0.328. The lowest BCUT2D eigenvalue weighted by Gasteiger charge is -2.43. The van der Waals surface area contributed by atoms with Gasteiger partial charge in [0.1, 0.15) is 0 Å². The Morgan fingerprint density at radius 2 is 2.38 bits per heavy atom. The summed E-state index contributed by atoms with van der Waals surface area (Å²) in [7, 11) is 0. The highest BCUT2D eigenvalue weighted by atomic mass is 32.1. The Hall–Kier alpha value is -0.860.